The second-order valence-electron chi connectivity index (χ2n) is 2.80. The summed E-state index contributed by atoms with van der Waals surface area (Å²) >= 11 is 0. The molecule has 0 fully saturated rings. The van der Waals surface area contributed by atoms with E-state index in [1.807, 2.05) is 0 Å². The molecule has 1 rings (SSSR count). The molecule has 0 saturated carbocycles. The van der Waals surface area contributed by atoms with Gasteiger partial charge in [0.05, 0.1) is 12.5 Å². The van der Waals surface area contributed by atoms with Crippen LogP contribution in [0.25, 0.3) is 0 Å². The molecule has 3 nitrogen and oxygen atoms in total. The van der Waals surface area contributed by atoms with Gasteiger partial charge in [0.15, 0.2) is 0 Å². The van der Waals surface area contributed by atoms with Gasteiger partial charge in [-0.05, 0) is 19.1 Å². The van der Waals surface area contributed by atoms with E-state index in [4.69, 9.17) is 4.74 Å². The number of allylic oxidation sites excluding steroid dienone is 2. The summed E-state index contributed by atoms with van der Waals surface area (Å²) in [5.41, 5.74) is -0.552. The average Bonchev–Trinajstić information content (AvgIpc) is 2.28. The van der Waals surface area contributed by atoms with Crippen LogP contribution in [0.2, 0.25) is 0 Å². The Kier molecular flexibility index (Phi) is 2.43. The van der Waals surface area contributed by atoms with Crippen molar-refractivity contribution in [1.82, 2.24) is 0 Å². The van der Waals surface area contributed by atoms with E-state index in [1.165, 1.54) is 0 Å². The zero-order chi connectivity index (χ0) is 9.03. The molecule has 12 heavy (non-hydrogen) atoms. The Hall–Kier alpha value is -1.38. The first-order chi connectivity index (χ1) is 5.70. The maximum Gasteiger partial charge on any atom is 0.212 e. The number of rotatable bonds is 1. The van der Waals surface area contributed by atoms with Crippen LogP contribution in [0.5, 0.6) is 0 Å². The molecule has 3 heteroatoms. The summed E-state index contributed by atoms with van der Waals surface area (Å²) in [6.07, 6.45) is 7.62. The third-order valence-electron chi connectivity index (χ3n) is 1.68. The molecule has 1 aliphatic rings. The highest BCUT2D eigenvalue weighted by Gasteiger charge is 2.17. The molecule has 0 aliphatic carbocycles. The minimum absolute atomic E-state index is 0.511. The van der Waals surface area contributed by atoms with E-state index < -0.39 is 5.41 Å². The lowest BCUT2D eigenvalue weighted by Crippen LogP contribution is -2.10. The molecule has 0 radical (unpaired) electrons. The fourth-order valence-electron chi connectivity index (χ4n) is 0.820. The standard InChI is InChI=1S/C9H11NO2/c1-9(7-11)4-3-8(12-2)10-6-5-9/h3-7H,1-2H3. The number of carbonyl (C=O) groups excluding carboxylic acids is 1. The van der Waals surface area contributed by atoms with Crippen LogP contribution >= 0.6 is 0 Å². The number of aliphatic imine (C=N–C) groups is 1. The van der Waals surface area contributed by atoms with Crippen molar-refractivity contribution in [2.45, 2.75) is 6.92 Å². The number of hydrogen-bond acceptors (Lipinski definition) is 3. The zero-order valence-electron chi connectivity index (χ0n) is 7.15. The maximum absolute atomic E-state index is 10.6. The molecule has 0 spiro atoms. The summed E-state index contributed by atoms with van der Waals surface area (Å²) in [6.45, 7) is 1.81. The summed E-state index contributed by atoms with van der Waals surface area (Å²) < 4.78 is 4.90. The van der Waals surface area contributed by atoms with Crippen LogP contribution < -0.4 is 0 Å². The van der Waals surface area contributed by atoms with Gasteiger partial charge in [-0.1, -0.05) is 6.08 Å². The molecule has 1 unspecified atom stereocenters. The van der Waals surface area contributed by atoms with Crippen LogP contribution in [-0.4, -0.2) is 19.3 Å². The Morgan fingerprint density at radius 2 is 2.33 bits per heavy atom. The first kappa shape index (κ1) is 8.71. The van der Waals surface area contributed by atoms with Crippen LogP contribution in [0.1, 0.15) is 6.92 Å². The van der Waals surface area contributed by atoms with Gasteiger partial charge in [-0.3, -0.25) is 0 Å². The van der Waals surface area contributed by atoms with Crippen LogP contribution in [0.3, 0.4) is 0 Å². The number of aldehydes is 1. The molecule has 0 bridgehead atoms. The molecule has 0 amide bonds. The summed E-state index contributed by atoms with van der Waals surface area (Å²) in [6, 6.07) is 0. The molecule has 1 aliphatic heterocycles. The van der Waals surface area contributed by atoms with Crippen molar-refractivity contribution in [3.63, 3.8) is 0 Å². The quantitative estimate of drug-likeness (QED) is 0.549. The predicted octanol–water partition coefficient (Wildman–Crippen LogP) is 1.32. The lowest BCUT2D eigenvalue weighted by Gasteiger charge is -2.09. The van der Waals surface area contributed by atoms with E-state index in [2.05, 4.69) is 4.99 Å². The molecule has 64 valence electrons. The average molecular weight is 165 g/mol. The Labute approximate surface area is 71.4 Å². The second-order valence-corrected chi connectivity index (χ2v) is 2.80. The Morgan fingerprint density at radius 3 is 2.92 bits per heavy atom. The Bertz CT molecular complexity index is 266. The number of carbonyl (C=O) groups is 1. The van der Waals surface area contributed by atoms with Gasteiger partial charge in [0, 0.05) is 6.20 Å². The molecule has 0 aromatic carbocycles. The lowest BCUT2D eigenvalue weighted by molar-refractivity contribution is -0.111. The van der Waals surface area contributed by atoms with Gasteiger partial charge >= 0.3 is 0 Å². The molecule has 0 N–H and O–H groups in total. The molecule has 1 heterocycles. The highest BCUT2D eigenvalue weighted by molar-refractivity contribution is 5.89. The van der Waals surface area contributed by atoms with Crippen molar-refractivity contribution in [3.8, 4) is 0 Å². The molecular weight excluding hydrogens is 154 g/mol. The van der Waals surface area contributed by atoms with Crippen molar-refractivity contribution in [2.24, 2.45) is 10.4 Å². The van der Waals surface area contributed by atoms with Gasteiger partial charge in [0.2, 0.25) is 5.90 Å². The van der Waals surface area contributed by atoms with Gasteiger partial charge in [-0.15, -0.1) is 0 Å². The smallest absolute Gasteiger partial charge is 0.212 e. The van der Waals surface area contributed by atoms with Gasteiger partial charge in [-0.25, -0.2) is 4.99 Å². The summed E-state index contributed by atoms with van der Waals surface area (Å²) in [7, 11) is 1.54. The van der Waals surface area contributed by atoms with Gasteiger partial charge in [0.1, 0.15) is 6.29 Å². The van der Waals surface area contributed by atoms with Crippen LogP contribution in [0.4, 0.5) is 0 Å². The zero-order valence-corrected chi connectivity index (χ0v) is 7.15. The van der Waals surface area contributed by atoms with E-state index >= 15 is 0 Å². The molecule has 0 aromatic heterocycles. The fourth-order valence-corrected chi connectivity index (χ4v) is 0.820. The summed E-state index contributed by atoms with van der Waals surface area (Å²) in [5.74, 6) is 0.511. The second kappa shape index (κ2) is 3.34. The predicted molar refractivity (Wildman–Crippen MR) is 46.9 cm³/mol. The number of ether oxygens (including phenoxy) is 1. The van der Waals surface area contributed by atoms with Crippen molar-refractivity contribution < 1.29 is 9.53 Å². The topological polar surface area (TPSA) is 38.7 Å². The van der Waals surface area contributed by atoms with E-state index in [9.17, 15) is 4.79 Å². The largest absolute Gasteiger partial charge is 0.481 e. The first-order valence-electron chi connectivity index (χ1n) is 3.65. The minimum atomic E-state index is -0.552. The highest BCUT2D eigenvalue weighted by Crippen LogP contribution is 2.18. The number of nitrogens with zero attached hydrogens (tertiary/aromatic N) is 1. The van der Waals surface area contributed by atoms with Gasteiger partial charge < -0.3 is 9.53 Å². The Balaban J connectivity index is 2.90. The minimum Gasteiger partial charge on any atom is -0.481 e. The number of hydrogen-bond donors (Lipinski definition) is 0. The van der Waals surface area contributed by atoms with Crippen LogP contribution in [0, 0.1) is 5.41 Å². The highest BCUT2D eigenvalue weighted by atomic mass is 16.5. The Morgan fingerprint density at radius 1 is 1.58 bits per heavy atom. The SMILES string of the molecule is COC1=NC=CC(C)(C=O)C=C1. The van der Waals surface area contributed by atoms with Crippen LogP contribution in [0.15, 0.2) is 29.4 Å². The third kappa shape index (κ3) is 1.81. The normalized spacial score (nSPS) is 27.7. The molecule has 0 aromatic rings. The number of methoxy groups -OCH3 is 1. The lowest BCUT2D eigenvalue weighted by atomic mass is 9.93. The monoisotopic (exact) mass is 165 g/mol. The van der Waals surface area contributed by atoms with E-state index in [1.54, 1.807) is 38.5 Å². The molecule has 1 atom stereocenters. The van der Waals surface area contributed by atoms with Gasteiger partial charge in [-0.2, -0.15) is 0 Å². The third-order valence-corrected chi connectivity index (χ3v) is 1.68. The van der Waals surface area contributed by atoms with Crippen LogP contribution in [-0.2, 0) is 9.53 Å². The van der Waals surface area contributed by atoms with E-state index in [-0.39, 0.29) is 0 Å². The summed E-state index contributed by atoms with van der Waals surface area (Å²) in [5, 5.41) is 0. The maximum atomic E-state index is 10.6. The molecular formula is C9H11NO2. The molecule has 0 saturated heterocycles. The van der Waals surface area contributed by atoms with Crippen molar-refractivity contribution in [1.29, 1.82) is 0 Å². The fraction of sp³-hybridized carbons (Fsp3) is 0.333. The van der Waals surface area contributed by atoms with E-state index in [0.717, 1.165) is 6.29 Å². The van der Waals surface area contributed by atoms with Crippen molar-refractivity contribution in [2.75, 3.05) is 7.11 Å². The van der Waals surface area contributed by atoms with Crippen molar-refractivity contribution >= 4 is 12.2 Å². The summed E-state index contributed by atoms with van der Waals surface area (Å²) in [4.78, 5) is 14.6. The van der Waals surface area contributed by atoms with Gasteiger partial charge in [0.25, 0.3) is 0 Å². The van der Waals surface area contributed by atoms with Crippen molar-refractivity contribution in [3.05, 3.63) is 24.4 Å². The van der Waals surface area contributed by atoms with E-state index in [0.29, 0.717) is 5.90 Å². The first-order valence-corrected chi connectivity index (χ1v) is 3.65.